The fourth-order valence-electron chi connectivity index (χ4n) is 2.80. The third-order valence-electron chi connectivity index (χ3n) is 4.23. The van der Waals surface area contributed by atoms with Crippen molar-refractivity contribution in [2.75, 3.05) is 6.61 Å². The van der Waals surface area contributed by atoms with E-state index in [1.165, 1.54) is 23.9 Å². The zero-order chi connectivity index (χ0) is 20.8. The van der Waals surface area contributed by atoms with Crippen molar-refractivity contribution in [2.24, 2.45) is 0 Å². The van der Waals surface area contributed by atoms with Gasteiger partial charge in [-0.05, 0) is 37.6 Å². The average molecular weight is 406 g/mol. The van der Waals surface area contributed by atoms with Crippen molar-refractivity contribution in [1.29, 1.82) is 5.26 Å². The number of halogens is 1. The summed E-state index contributed by atoms with van der Waals surface area (Å²) in [6.07, 6.45) is 0. The number of esters is 1. The van der Waals surface area contributed by atoms with Crippen LogP contribution in [-0.2, 0) is 9.53 Å². The summed E-state index contributed by atoms with van der Waals surface area (Å²) in [5.41, 5.74) is 3.24. The molecule has 1 atom stereocenters. The number of pyridine rings is 1. The van der Waals surface area contributed by atoms with E-state index in [0.29, 0.717) is 27.4 Å². The highest BCUT2D eigenvalue weighted by Gasteiger charge is 2.22. The lowest BCUT2D eigenvalue weighted by Crippen LogP contribution is -2.17. The van der Waals surface area contributed by atoms with Gasteiger partial charge < -0.3 is 4.74 Å². The van der Waals surface area contributed by atoms with Crippen molar-refractivity contribution in [3.63, 3.8) is 0 Å². The van der Waals surface area contributed by atoms with Crippen LogP contribution in [0.3, 0.4) is 0 Å². The standard InChI is InChI=1S/C23H19FN2O2S/c1-3-28-23(27)15(2)29-22-20(14-25)19(16-9-11-18(24)12-10-16)13-21(26-22)17-7-5-4-6-8-17/h4-13,15H,3H2,1-2H3. The smallest absolute Gasteiger partial charge is 0.319 e. The number of hydrogen-bond acceptors (Lipinski definition) is 5. The molecule has 2 aromatic carbocycles. The molecule has 0 amide bonds. The zero-order valence-electron chi connectivity index (χ0n) is 16.1. The maximum atomic E-state index is 13.4. The Kier molecular flexibility index (Phi) is 6.63. The van der Waals surface area contributed by atoms with Gasteiger partial charge in [0.2, 0.25) is 0 Å². The summed E-state index contributed by atoms with van der Waals surface area (Å²) in [6.45, 7) is 3.75. The molecule has 0 fully saturated rings. The van der Waals surface area contributed by atoms with Crippen molar-refractivity contribution in [1.82, 2.24) is 4.98 Å². The number of hydrogen-bond donors (Lipinski definition) is 0. The van der Waals surface area contributed by atoms with Gasteiger partial charge in [0, 0.05) is 11.1 Å². The van der Waals surface area contributed by atoms with E-state index in [0.717, 1.165) is 5.56 Å². The van der Waals surface area contributed by atoms with Gasteiger partial charge in [-0.3, -0.25) is 4.79 Å². The van der Waals surface area contributed by atoms with Gasteiger partial charge in [-0.15, -0.1) is 0 Å². The first-order valence-corrected chi connectivity index (χ1v) is 10.0. The molecule has 3 aromatic rings. The Morgan fingerprint density at radius 2 is 1.86 bits per heavy atom. The lowest BCUT2D eigenvalue weighted by molar-refractivity contribution is -0.142. The predicted molar refractivity (Wildman–Crippen MR) is 112 cm³/mol. The average Bonchev–Trinajstić information content (AvgIpc) is 2.74. The van der Waals surface area contributed by atoms with Crippen LogP contribution >= 0.6 is 11.8 Å². The first kappa shape index (κ1) is 20.6. The summed E-state index contributed by atoms with van der Waals surface area (Å²) >= 11 is 1.18. The largest absolute Gasteiger partial charge is 0.465 e. The predicted octanol–water partition coefficient (Wildman–Crippen LogP) is 5.47. The molecule has 0 spiro atoms. The van der Waals surface area contributed by atoms with Crippen LogP contribution in [0.5, 0.6) is 0 Å². The highest BCUT2D eigenvalue weighted by Crippen LogP contribution is 2.35. The Morgan fingerprint density at radius 3 is 2.48 bits per heavy atom. The Bertz CT molecular complexity index is 1050. The van der Waals surface area contributed by atoms with Gasteiger partial charge in [-0.1, -0.05) is 54.2 Å². The molecule has 3 rings (SSSR count). The highest BCUT2D eigenvalue weighted by atomic mass is 32.2. The minimum atomic E-state index is -0.526. The number of thioether (sulfide) groups is 1. The molecule has 0 aliphatic heterocycles. The Labute approximate surface area is 173 Å². The molecule has 0 aliphatic rings. The second-order valence-corrected chi connectivity index (χ2v) is 7.56. The maximum absolute atomic E-state index is 13.4. The fourth-order valence-corrected chi connectivity index (χ4v) is 3.73. The maximum Gasteiger partial charge on any atom is 0.319 e. The van der Waals surface area contributed by atoms with Crippen LogP contribution in [0.15, 0.2) is 65.7 Å². The molecule has 29 heavy (non-hydrogen) atoms. The number of ether oxygens (including phenoxy) is 1. The Balaban J connectivity index is 2.15. The number of benzene rings is 2. The number of rotatable bonds is 6. The lowest BCUT2D eigenvalue weighted by Gasteiger charge is -2.15. The molecule has 1 aromatic heterocycles. The summed E-state index contributed by atoms with van der Waals surface area (Å²) in [6, 6.07) is 19.6. The van der Waals surface area contributed by atoms with Gasteiger partial charge in [0.1, 0.15) is 22.2 Å². The number of nitrogens with zero attached hydrogens (tertiary/aromatic N) is 2. The van der Waals surface area contributed by atoms with E-state index in [1.807, 2.05) is 36.4 Å². The molecular weight excluding hydrogens is 387 g/mol. The van der Waals surface area contributed by atoms with Crippen molar-refractivity contribution >= 4 is 17.7 Å². The van der Waals surface area contributed by atoms with Crippen LogP contribution in [0, 0.1) is 17.1 Å². The van der Waals surface area contributed by atoms with Gasteiger partial charge in [-0.2, -0.15) is 5.26 Å². The molecule has 0 bridgehead atoms. The molecule has 4 nitrogen and oxygen atoms in total. The minimum absolute atomic E-state index is 0.285. The summed E-state index contributed by atoms with van der Waals surface area (Å²) in [5, 5.41) is 9.75. The Morgan fingerprint density at radius 1 is 1.17 bits per heavy atom. The number of carbonyl (C=O) groups is 1. The summed E-state index contributed by atoms with van der Waals surface area (Å²) in [7, 11) is 0. The van der Waals surface area contributed by atoms with Gasteiger partial charge in [0.25, 0.3) is 0 Å². The van der Waals surface area contributed by atoms with Crippen LogP contribution in [0.25, 0.3) is 22.4 Å². The molecule has 0 radical (unpaired) electrons. The number of nitriles is 1. The summed E-state index contributed by atoms with van der Waals surface area (Å²) < 4.78 is 18.5. The first-order chi connectivity index (χ1) is 14.0. The summed E-state index contributed by atoms with van der Waals surface area (Å²) in [4.78, 5) is 16.8. The minimum Gasteiger partial charge on any atom is -0.465 e. The third-order valence-corrected chi connectivity index (χ3v) is 5.29. The van der Waals surface area contributed by atoms with Gasteiger partial charge in [0.05, 0.1) is 17.9 Å². The SMILES string of the molecule is CCOC(=O)C(C)Sc1nc(-c2ccccc2)cc(-c2ccc(F)cc2)c1C#N. The Hall–Kier alpha value is -3.17. The van der Waals surface area contributed by atoms with Crippen LogP contribution in [0.2, 0.25) is 0 Å². The zero-order valence-corrected chi connectivity index (χ0v) is 16.9. The molecule has 0 saturated heterocycles. The van der Waals surface area contributed by atoms with Crippen LogP contribution in [0.4, 0.5) is 4.39 Å². The number of carbonyl (C=O) groups excluding carboxylic acids is 1. The normalized spacial score (nSPS) is 11.5. The van der Waals surface area contributed by atoms with Crippen LogP contribution in [-0.4, -0.2) is 22.8 Å². The fraction of sp³-hybridized carbons (Fsp3) is 0.174. The second-order valence-electron chi connectivity index (χ2n) is 6.23. The molecule has 0 aliphatic carbocycles. The van der Waals surface area contributed by atoms with Gasteiger partial charge >= 0.3 is 5.97 Å². The van der Waals surface area contributed by atoms with E-state index in [9.17, 15) is 14.4 Å². The van der Waals surface area contributed by atoms with E-state index >= 15 is 0 Å². The molecule has 0 N–H and O–H groups in total. The van der Waals surface area contributed by atoms with E-state index in [1.54, 1.807) is 26.0 Å². The second kappa shape index (κ2) is 9.35. The van der Waals surface area contributed by atoms with E-state index in [4.69, 9.17) is 4.74 Å². The molecule has 146 valence electrons. The topological polar surface area (TPSA) is 63.0 Å². The molecule has 1 heterocycles. The summed E-state index contributed by atoms with van der Waals surface area (Å²) in [5.74, 6) is -0.716. The lowest BCUT2D eigenvalue weighted by atomic mass is 9.99. The molecular formula is C23H19FN2O2S. The molecule has 6 heteroatoms. The first-order valence-electron chi connectivity index (χ1n) is 9.13. The van der Waals surface area contributed by atoms with Crippen molar-refractivity contribution in [3.8, 4) is 28.5 Å². The van der Waals surface area contributed by atoms with Crippen LogP contribution in [0.1, 0.15) is 19.4 Å². The van der Waals surface area contributed by atoms with Crippen molar-refractivity contribution in [3.05, 3.63) is 72.0 Å². The van der Waals surface area contributed by atoms with Crippen molar-refractivity contribution in [2.45, 2.75) is 24.1 Å². The third kappa shape index (κ3) is 4.82. The van der Waals surface area contributed by atoms with Gasteiger partial charge in [0.15, 0.2) is 0 Å². The monoisotopic (exact) mass is 406 g/mol. The van der Waals surface area contributed by atoms with Crippen LogP contribution < -0.4 is 0 Å². The van der Waals surface area contributed by atoms with E-state index in [-0.39, 0.29) is 18.4 Å². The van der Waals surface area contributed by atoms with E-state index < -0.39 is 5.25 Å². The van der Waals surface area contributed by atoms with E-state index in [2.05, 4.69) is 11.1 Å². The quantitative estimate of drug-likeness (QED) is 0.401. The van der Waals surface area contributed by atoms with Crippen molar-refractivity contribution < 1.29 is 13.9 Å². The highest BCUT2D eigenvalue weighted by molar-refractivity contribution is 8.00. The van der Waals surface area contributed by atoms with Gasteiger partial charge in [-0.25, -0.2) is 9.37 Å². The molecule has 1 unspecified atom stereocenters. The number of aromatic nitrogens is 1. The molecule has 0 saturated carbocycles.